The van der Waals surface area contributed by atoms with Gasteiger partial charge in [-0.25, -0.2) is 4.79 Å². The van der Waals surface area contributed by atoms with E-state index in [9.17, 15) is 14.4 Å². The maximum atomic E-state index is 11.6. The van der Waals surface area contributed by atoms with Crippen LogP contribution in [0, 0.1) is 0 Å². The Hall–Kier alpha value is -2.37. The topological polar surface area (TPSA) is 81.7 Å². The highest BCUT2D eigenvalue weighted by Crippen LogP contribution is 2.03. The molecule has 0 saturated carbocycles. The average molecular weight is 293 g/mol. The van der Waals surface area contributed by atoms with Gasteiger partial charge in [0.2, 0.25) is 0 Å². The van der Waals surface area contributed by atoms with Crippen LogP contribution >= 0.6 is 0 Å². The van der Waals surface area contributed by atoms with Crippen molar-refractivity contribution in [1.82, 2.24) is 5.32 Å². The second-order valence-electron chi connectivity index (χ2n) is 4.48. The van der Waals surface area contributed by atoms with Crippen molar-refractivity contribution in [2.24, 2.45) is 0 Å². The summed E-state index contributed by atoms with van der Waals surface area (Å²) in [5.41, 5.74) is 0.849. The zero-order valence-corrected chi connectivity index (χ0v) is 12.1. The van der Waals surface area contributed by atoms with Gasteiger partial charge in [0.25, 0.3) is 0 Å². The van der Waals surface area contributed by atoms with Crippen LogP contribution in [0.15, 0.2) is 30.3 Å². The maximum Gasteiger partial charge on any atom is 0.408 e. The number of ketones is 1. The highest BCUT2D eigenvalue weighted by atomic mass is 16.5. The summed E-state index contributed by atoms with van der Waals surface area (Å²) in [7, 11) is 1.27. The van der Waals surface area contributed by atoms with Crippen molar-refractivity contribution in [2.75, 3.05) is 7.11 Å². The quantitative estimate of drug-likeness (QED) is 0.775. The first-order valence-electron chi connectivity index (χ1n) is 6.57. The van der Waals surface area contributed by atoms with E-state index < -0.39 is 18.1 Å². The number of esters is 1. The van der Waals surface area contributed by atoms with E-state index in [2.05, 4.69) is 10.1 Å². The number of hydrogen-bond donors (Lipinski definition) is 1. The largest absolute Gasteiger partial charge is 0.469 e. The molecule has 0 aromatic heterocycles. The van der Waals surface area contributed by atoms with Crippen LogP contribution in [0.2, 0.25) is 0 Å². The fraction of sp³-hybridized carbons (Fsp3) is 0.400. The number of methoxy groups -OCH3 is 1. The average Bonchev–Trinajstić information content (AvgIpc) is 2.49. The molecule has 0 spiro atoms. The Labute approximate surface area is 123 Å². The number of benzene rings is 1. The van der Waals surface area contributed by atoms with E-state index in [0.29, 0.717) is 0 Å². The lowest BCUT2D eigenvalue weighted by Crippen LogP contribution is -2.40. The van der Waals surface area contributed by atoms with Crippen LogP contribution in [0.1, 0.15) is 25.3 Å². The molecule has 0 radical (unpaired) electrons. The molecule has 1 aromatic carbocycles. The van der Waals surface area contributed by atoms with Gasteiger partial charge in [0.05, 0.1) is 13.2 Å². The summed E-state index contributed by atoms with van der Waals surface area (Å²) in [4.78, 5) is 34.1. The summed E-state index contributed by atoms with van der Waals surface area (Å²) < 4.78 is 9.52. The van der Waals surface area contributed by atoms with Crippen LogP contribution in [-0.4, -0.2) is 31.0 Å². The summed E-state index contributed by atoms with van der Waals surface area (Å²) >= 11 is 0. The first-order chi connectivity index (χ1) is 10.0. The van der Waals surface area contributed by atoms with E-state index in [1.807, 2.05) is 30.3 Å². The SMILES string of the molecule is COC(=O)CC[C@H](NC(=O)OCc1ccccc1)C(C)=O. The minimum atomic E-state index is -0.757. The summed E-state index contributed by atoms with van der Waals surface area (Å²) in [5.74, 6) is -0.670. The number of nitrogens with one attached hydrogen (secondary N) is 1. The Morgan fingerprint density at radius 3 is 2.43 bits per heavy atom. The minimum Gasteiger partial charge on any atom is -0.469 e. The molecule has 0 aliphatic heterocycles. The van der Waals surface area contributed by atoms with Gasteiger partial charge in [-0.1, -0.05) is 30.3 Å². The second-order valence-corrected chi connectivity index (χ2v) is 4.48. The molecule has 0 aliphatic rings. The van der Waals surface area contributed by atoms with Crippen LogP contribution in [0.25, 0.3) is 0 Å². The van der Waals surface area contributed by atoms with Crippen molar-refractivity contribution in [3.8, 4) is 0 Å². The number of Topliss-reactive ketones (excluding diaryl/α,β-unsaturated/α-hetero) is 1. The molecule has 0 fully saturated rings. The minimum absolute atomic E-state index is 0.0553. The van der Waals surface area contributed by atoms with Crippen molar-refractivity contribution in [2.45, 2.75) is 32.4 Å². The zero-order chi connectivity index (χ0) is 15.7. The van der Waals surface area contributed by atoms with Crippen molar-refractivity contribution in [1.29, 1.82) is 0 Å². The van der Waals surface area contributed by atoms with E-state index in [0.717, 1.165) is 5.56 Å². The molecule has 1 atom stereocenters. The highest BCUT2D eigenvalue weighted by molar-refractivity contribution is 5.85. The van der Waals surface area contributed by atoms with Gasteiger partial charge in [-0.2, -0.15) is 0 Å². The molecule has 0 saturated heterocycles. The lowest BCUT2D eigenvalue weighted by molar-refractivity contribution is -0.140. The fourth-order valence-corrected chi connectivity index (χ4v) is 1.65. The third-order valence-electron chi connectivity index (χ3n) is 2.86. The van der Waals surface area contributed by atoms with Crippen LogP contribution < -0.4 is 5.32 Å². The molecule has 6 heteroatoms. The first kappa shape index (κ1) is 16.7. The normalized spacial score (nSPS) is 11.3. The van der Waals surface area contributed by atoms with E-state index >= 15 is 0 Å². The first-order valence-corrected chi connectivity index (χ1v) is 6.57. The van der Waals surface area contributed by atoms with Gasteiger partial charge < -0.3 is 14.8 Å². The van der Waals surface area contributed by atoms with E-state index in [-0.39, 0.29) is 25.2 Å². The molecular formula is C15H19NO5. The molecule has 21 heavy (non-hydrogen) atoms. The number of amides is 1. The van der Waals surface area contributed by atoms with Crippen molar-refractivity contribution < 1.29 is 23.9 Å². The summed E-state index contributed by atoms with van der Waals surface area (Å²) in [6.07, 6.45) is -0.453. The lowest BCUT2D eigenvalue weighted by Gasteiger charge is -2.15. The predicted molar refractivity (Wildman–Crippen MR) is 75.5 cm³/mol. The van der Waals surface area contributed by atoms with Gasteiger partial charge in [-0.05, 0) is 18.9 Å². The van der Waals surface area contributed by atoms with Gasteiger partial charge in [0.1, 0.15) is 6.61 Å². The fourth-order valence-electron chi connectivity index (χ4n) is 1.65. The molecule has 0 aliphatic carbocycles. The molecule has 1 aromatic rings. The van der Waals surface area contributed by atoms with Gasteiger partial charge >= 0.3 is 12.1 Å². The predicted octanol–water partition coefficient (Wildman–Crippen LogP) is 1.82. The molecule has 0 heterocycles. The van der Waals surface area contributed by atoms with Gasteiger partial charge in [-0.3, -0.25) is 9.59 Å². The Morgan fingerprint density at radius 2 is 1.86 bits per heavy atom. The molecule has 1 N–H and O–H groups in total. The number of hydrogen-bond acceptors (Lipinski definition) is 5. The molecule has 0 unspecified atom stereocenters. The Kier molecular flexibility index (Phi) is 6.94. The van der Waals surface area contributed by atoms with Crippen LogP contribution in [-0.2, 0) is 25.7 Å². The monoisotopic (exact) mass is 293 g/mol. The van der Waals surface area contributed by atoms with E-state index in [1.54, 1.807) is 0 Å². The van der Waals surface area contributed by atoms with Crippen LogP contribution in [0.5, 0.6) is 0 Å². The van der Waals surface area contributed by atoms with E-state index in [1.165, 1.54) is 14.0 Å². The standard InChI is InChI=1S/C15H19NO5/c1-11(17)13(8-9-14(18)20-2)16-15(19)21-10-12-6-4-3-5-7-12/h3-7,13H,8-10H2,1-2H3,(H,16,19)/t13-/m0/s1. The van der Waals surface area contributed by atoms with Gasteiger partial charge in [0, 0.05) is 6.42 Å². The summed E-state index contributed by atoms with van der Waals surface area (Å²) in [6.45, 7) is 1.47. The smallest absolute Gasteiger partial charge is 0.408 e. The molecule has 6 nitrogen and oxygen atoms in total. The highest BCUT2D eigenvalue weighted by Gasteiger charge is 2.19. The third kappa shape index (κ3) is 6.56. The lowest BCUT2D eigenvalue weighted by atomic mass is 10.1. The molecule has 0 bridgehead atoms. The summed E-state index contributed by atoms with van der Waals surface area (Å²) in [5, 5.41) is 2.45. The number of alkyl carbamates (subject to hydrolysis) is 1. The van der Waals surface area contributed by atoms with Crippen LogP contribution in [0.3, 0.4) is 0 Å². The maximum absolute atomic E-state index is 11.6. The molecule has 114 valence electrons. The van der Waals surface area contributed by atoms with E-state index in [4.69, 9.17) is 4.74 Å². The number of carbonyl (C=O) groups excluding carboxylic acids is 3. The van der Waals surface area contributed by atoms with Crippen molar-refractivity contribution in [3.05, 3.63) is 35.9 Å². The Morgan fingerprint density at radius 1 is 1.19 bits per heavy atom. The van der Waals surface area contributed by atoms with Crippen molar-refractivity contribution >= 4 is 17.8 Å². The molecule has 1 rings (SSSR count). The Balaban J connectivity index is 2.41. The van der Waals surface area contributed by atoms with Crippen molar-refractivity contribution in [3.63, 3.8) is 0 Å². The molecule has 1 amide bonds. The third-order valence-corrected chi connectivity index (χ3v) is 2.86. The molecular weight excluding hydrogens is 274 g/mol. The zero-order valence-electron chi connectivity index (χ0n) is 12.1. The van der Waals surface area contributed by atoms with Crippen LogP contribution in [0.4, 0.5) is 4.79 Å². The van der Waals surface area contributed by atoms with Gasteiger partial charge in [0.15, 0.2) is 5.78 Å². The Bertz CT molecular complexity index is 486. The summed E-state index contributed by atoms with van der Waals surface area (Å²) in [6, 6.07) is 8.44. The number of carbonyl (C=O) groups is 3. The van der Waals surface area contributed by atoms with Gasteiger partial charge in [-0.15, -0.1) is 0 Å². The number of ether oxygens (including phenoxy) is 2. The second kappa shape index (κ2) is 8.73. The number of rotatable bonds is 7.